The highest BCUT2D eigenvalue weighted by atomic mass is 35.5. The Labute approximate surface area is 129 Å². The number of nitrogens with one attached hydrogen (secondary N) is 2. The van der Waals surface area contributed by atoms with Gasteiger partial charge in [0.15, 0.2) is 5.69 Å². The van der Waals surface area contributed by atoms with E-state index in [1.807, 2.05) is 36.6 Å². The van der Waals surface area contributed by atoms with Crippen molar-refractivity contribution < 1.29 is 0 Å². The Kier molecular flexibility index (Phi) is 3.72. The number of hydrogen-bond donors (Lipinski definition) is 2. The molecule has 0 saturated carbocycles. The van der Waals surface area contributed by atoms with Crippen LogP contribution < -0.4 is 10.9 Å². The third-order valence-corrected chi connectivity index (χ3v) is 4.00. The van der Waals surface area contributed by atoms with E-state index in [2.05, 4.69) is 20.5 Å². The minimum absolute atomic E-state index is 0.276. The minimum atomic E-state index is -0.276. The lowest BCUT2D eigenvalue weighted by Crippen LogP contribution is -2.15. The molecule has 0 amide bonds. The second-order valence-electron chi connectivity index (χ2n) is 4.41. The highest BCUT2D eigenvalue weighted by Crippen LogP contribution is 2.22. The van der Waals surface area contributed by atoms with Gasteiger partial charge < -0.3 is 5.32 Å². The van der Waals surface area contributed by atoms with E-state index in [0.29, 0.717) is 16.7 Å². The molecular formula is C14H11ClN4OS. The summed E-state index contributed by atoms with van der Waals surface area (Å²) in [5.74, 6) is 0.297. The Bertz CT molecular complexity index is 829. The van der Waals surface area contributed by atoms with E-state index in [1.165, 1.54) is 11.3 Å². The Morgan fingerprint density at radius 2 is 2.14 bits per heavy atom. The topological polar surface area (TPSA) is 70.7 Å². The first kappa shape index (κ1) is 13.8. The van der Waals surface area contributed by atoms with E-state index in [-0.39, 0.29) is 5.56 Å². The van der Waals surface area contributed by atoms with Crippen LogP contribution in [0.2, 0.25) is 5.02 Å². The first-order valence-corrected chi connectivity index (χ1v) is 7.43. The SMILES string of the molecule is Cc1cc(Cl)ccc1Nc1nnc(-c2cccs2)c(=O)[nH]1. The zero-order valence-electron chi connectivity index (χ0n) is 11.1. The molecule has 2 heterocycles. The molecule has 7 heteroatoms. The standard InChI is InChI=1S/C14H11ClN4OS/c1-8-7-9(15)4-5-10(8)16-14-17-13(20)12(18-19-14)11-3-2-6-21-11/h2-7H,1H3,(H2,16,17,19,20). The molecule has 2 N–H and O–H groups in total. The summed E-state index contributed by atoms with van der Waals surface area (Å²) in [6, 6.07) is 9.12. The van der Waals surface area contributed by atoms with Crippen LogP contribution in [0.15, 0.2) is 40.5 Å². The van der Waals surface area contributed by atoms with Gasteiger partial charge in [0.2, 0.25) is 5.95 Å². The zero-order valence-corrected chi connectivity index (χ0v) is 12.6. The number of aryl methyl sites for hydroxylation is 1. The fraction of sp³-hybridized carbons (Fsp3) is 0.0714. The Balaban J connectivity index is 1.91. The molecule has 1 aromatic carbocycles. The molecule has 3 aromatic rings. The third-order valence-electron chi connectivity index (χ3n) is 2.89. The maximum absolute atomic E-state index is 12.1. The molecule has 0 saturated heterocycles. The van der Waals surface area contributed by atoms with Crippen LogP contribution in [0, 0.1) is 6.92 Å². The molecular weight excluding hydrogens is 308 g/mol. The highest BCUT2D eigenvalue weighted by molar-refractivity contribution is 7.13. The van der Waals surface area contributed by atoms with Crippen molar-refractivity contribution in [1.82, 2.24) is 15.2 Å². The lowest BCUT2D eigenvalue weighted by molar-refractivity contribution is 0.964. The number of benzene rings is 1. The number of rotatable bonds is 3. The van der Waals surface area contributed by atoms with Crippen molar-refractivity contribution in [3.05, 3.63) is 56.7 Å². The summed E-state index contributed by atoms with van der Waals surface area (Å²) in [4.78, 5) is 15.5. The molecule has 2 aromatic heterocycles. The van der Waals surface area contributed by atoms with Crippen LogP contribution in [0.4, 0.5) is 11.6 Å². The summed E-state index contributed by atoms with van der Waals surface area (Å²) in [6.45, 7) is 1.92. The lowest BCUT2D eigenvalue weighted by Gasteiger charge is -2.08. The van der Waals surface area contributed by atoms with Crippen LogP contribution >= 0.6 is 22.9 Å². The molecule has 0 aliphatic rings. The van der Waals surface area contributed by atoms with Crippen LogP contribution in [0.3, 0.4) is 0 Å². The number of aromatic amines is 1. The molecule has 0 unspecified atom stereocenters. The van der Waals surface area contributed by atoms with Gasteiger partial charge in [-0.3, -0.25) is 9.78 Å². The van der Waals surface area contributed by atoms with Gasteiger partial charge in [0.25, 0.3) is 5.56 Å². The van der Waals surface area contributed by atoms with Crippen molar-refractivity contribution in [2.24, 2.45) is 0 Å². The van der Waals surface area contributed by atoms with Gasteiger partial charge in [-0.15, -0.1) is 21.5 Å². The van der Waals surface area contributed by atoms with Crippen LogP contribution in [0.25, 0.3) is 10.6 Å². The molecule has 0 atom stereocenters. The molecule has 5 nitrogen and oxygen atoms in total. The summed E-state index contributed by atoms with van der Waals surface area (Å²) >= 11 is 7.36. The number of hydrogen-bond acceptors (Lipinski definition) is 5. The van der Waals surface area contributed by atoms with E-state index in [1.54, 1.807) is 6.07 Å². The van der Waals surface area contributed by atoms with Gasteiger partial charge in [0, 0.05) is 10.7 Å². The largest absolute Gasteiger partial charge is 0.324 e. The summed E-state index contributed by atoms with van der Waals surface area (Å²) < 4.78 is 0. The molecule has 3 rings (SSSR count). The molecule has 0 spiro atoms. The molecule has 0 radical (unpaired) electrons. The smallest absolute Gasteiger partial charge is 0.280 e. The van der Waals surface area contributed by atoms with E-state index in [4.69, 9.17) is 11.6 Å². The number of halogens is 1. The minimum Gasteiger partial charge on any atom is -0.324 e. The van der Waals surface area contributed by atoms with Gasteiger partial charge >= 0.3 is 0 Å². The molecule has 0 aliphatic carbocycles. The molecule has 0 bridgehead atoms. The van der Waals surface area contributed by atoms with Crippen LogP contribution in [0.5, 0.6) is 0 Å². The normalized spacial score (nSPS) is 10.6. The average Bonchev–Trinajstić information content (AvgIpc) is 2.96. The number of H-pyrrole nitrogens is 1. The second-order valence-corrected chi connectivity index (χ2v) is 5.80. The van der Waals surface area contributed by atoms with Gasteiger partial charge in [0.05, 0.1) is 4.88 Å². The van der Waals surface area contributed by atoms with Crippen molar-refractivity contribution >= 4 is 34.6 Å². The summed E-state index contributed by atoms with van der Waals surface area (Å²) in [6.07, 6.45) is 0. The number of nitrogens with zero attached hydrogens (tertiary/aromatic N) is 2. The van der Waals surface area contributed by atoms with Crippen LogP contribution in [-0.2, 0) is 0 Å². The summed E-state index contributed by atoms with van der Waals surface area (Å²) in [5.41, 5.74) is 1.81. The second kappa shape index (κ2) is 5.67. The number of thiophene rings is 1. The Hall–Kier alpha value is -2.18. The quantitative estimate of drug-likeness (QED) is 0.774. The van der Waals surface area contributed by atoms with E-state index < -0.39 is 0 Å². The van der Waals surface area contributed by atoms with Crippen molar-refractivity contribution in [2.75, 3.05) is 5.32 Å². The van der Waals surface area contributed by atoms with Gasteiger partial charge in [0.1, 0.15) is 0 Å². The Morgan fingerprint density at radius 3 is 2.81 bits per heavy atom. The van der Waals surface area contributed by atoms with Gasteiger partial charge in [-0.25, -0.2) is 0 Å². The maximum Gasteiger partial charge on any atom is 0.280 e. The van der Waals surface area contributed by atoms with Gasteiger partial charge in [-0.2, -0.15) is 0 Å². The fourth-order valence-corrected chi connectivity index (χ4v) is 2.80. The molecule has 0 fully saturated rings. The van der Waals surface area contributed by atoms with Crippen LogP contribution in [-0.4, -0.2) is 15.2 Å². The maximum atomic E-state index is 12.1. The van der Waals surface area contributed by atoms with Gasteiger partial charge in [-0.1, -0.05) is 17.7 Å². The van der Waals surface area contributed by atoms with Crippen LogP contribution in [0.1, 0.15) is 5.56 Å². The first-order chi connectivity index (χ1) is 10.1. The Morgan fingerprint density at radius 1 is 1.29 bits per heavy atom. The summed E-state index contributed by atoms with van der Waals surface area (Å²) in [7, 11) is 0. The predicted molar refractivity (Wildman–Crippen MR) is 85.4 cm³/mol. The highest BCUT2D eigenvalue weighted by Gasteiger charge is 2.09. The van der Waals surface area contributed by atoms with Crippen molar-refractivity contribution in [3.8, 4) is 10.6 Å². The predicted octanol–water partition coefficient (Wildman–Crippen LogP) is 3.60. The molecule has 106 valence electrons. The van der Waals surface area contributed by atoms with Crippen molar-refractivity contribution in [3.63, 3.8) is 0 Å². The first-order valence-electron chi connectivity index (χ1n) is 6.17. The third kappa shape index (κ3) is 2.96. The fourth-order valence-electron chi connectivity index (χ4n) is 1.86. The van der Waals surface area contributed by atoms with E-state index in [0.717, 1.165) is 16.1 Å². The monoisotopic (exact) mass is 318 g/mol. The average molecular weight is 319 g/mol. The number of aromatic nitrogens is 3. The number of anilines is 2. The molecule has 21 heavy (non-hydrogen) atoms. The summed E-state index contributed by atoms with van der Waals surface area (Å²) in [5, 5.41) is 13.6. The van der Waals surface area contributed by atoms with E-state index >= 15 is 0 Å². The zero-order chi connectivity index (χ0) is 14.8. The van der Waals surface area contributed by atoms with E-state index in [9.17, 15) is 4.79 Å². The lowest BCUT2D eigenvalue weighted by atomic mass is 10.2. The van der Waals surface area contributed by atoms with Gasteiger partial charge in [-0.05, 0) is 42.1 Å². The molecule has 0 aliphatic heterocycles. The van der Waals surface area contributed by atoms with Crippen molar-refractivity contribution in [1.29, 1.82) is 0 Å². The van der Waals surface area contributed by atoms with Crippen molar-refractivity contribution in [2.45, 2.75) is 6.92 Å².